The van der Waals surface area contributed by atoms with E-state index in [-0.39, 0.29) is 18.4 Å². The molecule has 1 amide bonds. The van der Waals surface area contributed by atoms with E-state index >= 15 is 0 Å². The Morgan fingerprint density at radius 2 is 2.10 bits per heavy atom. The zero-order chi connectivity index (χ0) is 15.8. The van der Waals surface area contributed by atoms with E-state index in [0.717, 1.165) is 15.8 Å². The lowest BCUT2D eigenvalue weighted by Crippen LogP contribution is -2.33. The molecule has 1 atom stereocenters. The van der Waals surface area contributed by atoms with Gasteiger partial charge in [0.25, 0.3) is 0 Å². The highest BCUT2D eigenvalue weighted by Crippen LogP contribution is 2.25. The van der Waals surface area contributed by atoms with E-state index < -0.39 is 5.97 Å². The predicted octanol–water partition coefficient (Wildman–Crippen LogP) is 2.76. The van der Waals surface area contributed by atoms with Crippen molar-refractivity contribution in [1.82, 2.24) is 5.32 Å². The van der Waals surface area contributed by atoms with E-state index in [1.807, 2.05) is 25.1 Å². The highest BCUT2D eigenvalue weighted by atomic mass is 79.9. The van der Waals surface area contributed by atoms with Gasteiger partial charge >= 0.3 is 5.97 Å². The van der Waals surface area contributed by atoms with Gasteiger partial charge in [0, 0.05) is 18.9 Å². The fourth-order valence-electron chi connectivity index (χ4n) is 1.88. The molecule has 0 aliphatic carbocycles. The van der Waals surface area contributed by atoms with Crippen molar-refractivity contribution >= 4 is 27.8 Å². The van der Waals surface area contributed by atoms with E-state index in [4.69, 9.17) is 9.84 Å². The van der Waals surface area contributed by atoms with Gasteiger partial charge in [-0.1, -0.05) is 6.07 Å². The normalized spacial score (nSPS) is 11.8. The summed E-state index contributed by atoms with van der Waals surface area (Å²) in [4.78, 5) is 22.2. The molecular formula is C15H20BrNO4. The van der Waals surface area contributed by atoms with Crippen LogP contribution in [0, 0.1) is 0 Å². The Hall–Kier alpha value is -1.56. The van der Waals surface area contributed by atoms with E-state index in [2.05, 4.69) is 21.2 Å². The number of carbonyl (C=O) groups is 2. The summed E-state index contributed by atoms with van der Waals surface area (Å²) in [5.74, 6) is -0.162. The van der Waals surface area contributed by atoms with E-state index in [1.54, 1.807) is 7.11 Å². The van der Waals surface area contributed by atoms with Gasteiger partial charge in [0.05, 0.1) is 11.6 Å². The van der Waals surface area contributed by atoms with Gasteiger partial charge in [-0.3, -0.25) is 9.59 Å². The van der Waals surface area contributed by atoms with Crippen molar-refractivity contribution < 1.29 is 19.4 Å². The van der Waals surface area contributed by atoms with Crippen LogP contribution < -0.4 is 10.1 Å². The van der Waals surface area contributed by atoms with Crippen molar-refractivity contribution in [2.75, 3.05) is 7.11 Å². The smallest absolute Gasteiger partial charge is 0.303 e. The number of carbonyl (C=O) groups excluding carboxylic acids is 1. The maximum atomic E-state index is 11.8. The minimum atomic E-state index is -0.848. The van der Waals surface area contributed by atoms with Gasteiger partial charge < -0.3 is 15.2 Å². The molecule has 0 aromatic heterocycles. The Bertz CT molecular complexity index is 504. The molecule has 1 aromatic carbocycles. The average molecular weight is 358 g/mol. The number of hydrogen-bond donors (Lipinski definition) is 2. The standard InChI is InChI=1S/C15H20BrNO4/c1-10(3-8-15(19)20)17-14(18)7-5-11-4-6-13(21-2)12(16)9-11/h4,6,9-10H,3,5,7-8H2,1-2H3,(H,17,18)(H,19,20). The van der Waals surface area contributed by atoms with Crippen LogP contribution in [0.5, 0.6) is 5.75 Å². The second-order valence-electron chi connectivity index (χ2n) is 4.87. The van der Waals surface area contributed by atoms with Crippen LogP contribution in [-0.2, 0) is 16.0 Å². The van der Waals surface area contributed by atoms with Crippen LogP contribution in [0.15, 0.2) is 22.7 Å². The summed E-state index contributed by atoms with van der Waals surface area (Å²) in [6, 6.07) is 5.58. The number of ether oxygens (including phenoxy) is 1. The summed E-state index contributed by atoms with van der Waals surface area (Å²) in [6.07, 6.45) is 1.50. The molecule has 0 heterocycles. The summed E-state index contributed by atoms with van der Waals surface area (Å²) in [7, 11) is 1.60. The van der Waals surface area contributed by atoms with Gasteiger partial charge in [0.1, 0.15) is 5.75 Å². The van der Waals surface area contributed by atoms with Crippen LogP contribution in [0.1, 0.15) is 31.7 Å². The minimum absolute atomic E-state index is 0.0624. The number of aliphatic carboxylic acids is 1. The molecule has 116 valence electrons. The fourth-order valence-corrected chi connectivity index (χ4v) is 2.47. The highest BCUT2D eigenvalue weighted by molar-refractivity contribution is 9.10. The average Bonchev–Trinajstić information content (AvgIpc) is 2.43. The zero-order valence-electron chi connectivity index (χ0n) is 12.2. The Morgan fingerprint density at radius 3 is 2.67 bits per heavy atom. The Labute approximate surface area is 132 Å². The number of carboxylic acid groups (broad SMARTS) is 1. The summed E-state index contributed by atoms with van der Waals surface area (Å²) in [5.41, 5.74) is 1.04. The molecule has 6 heteroatoms. The Morgan fingerprint density at radius 1 is 1.38 bits per heavy atom. The van der Waals surface area contributed by atoms with Crippen molar-refractivity contribution in [2.24, 2.45) is 0 Å². The number of halogens is 1. The number of amides is 1. The molecular weight excluding hydrogens is 338 g/mol. The van der Waals surface area contributed by atoms with Gasteiger partial charge in [-0.25, -0.2) is 0 Å². The Balaban J connectivity index is 2.39. The molecule has 0 aliphatic heterocycles. The molecule has 2 N–H and O–H groups in total. The molecule has 0 saturated heterocycles. The van der Waals surface area contributed by atoms with Crippen molar-refractivity contribution in [3.05, 3.63) is 28.2 Å². The molecule has 0 saturated carbocycles. The van der Waals surface area contributed by atoms with Crippen molar-refractivity contribution in [1.29, 1.82) is 0 Å². The second kappa shape index (κ2) is 8.67. The summed E-state index contributed by atoms with van der Waals surface area (Å²) in [5, 5.41) is 11.4. The van der Waals surface area contributed by atoms with Gasteiger partial charge in [-0.15, -0.1) is 0 Å². The van der Waals surface area contributed by atoms with Gasteiger partial charge in [0.15, 0.2) is 0 Å². The van der Waals surface area contributed by atoms with Gasteiger partial charge in [-0.05, 0) is 53.4 Å². The maximum Gasteiger partial charge on any atom is 0.303 e. The monoisotopic (exact) mass is 357 g/mol. The van der Waals surface area contributed by atoms with Crippen LogP contribution in [0.25, 0.3) is 0 Å². The van der Waals surface area contributed by atoms with Crippen LogP contribution in [0.2, 0.25) is 0 Å². The number of methoxy groups -OCH3 is 1. The summed E-state index contributed by atoms with van der Waals surface area (Å²) < 4.78 is 6.01. The molecule has 21 heavy (non-hydrogen) atoms. The summed E-state index contributed by atoms with van der Waals surface area (Å²) in [6.45, 7) is 1.81. The Kier molecular flexibility index (Phi) is 7.22. The van der Waals surface area contributed by atoms with Crippen LogP contribution in [0.3, 0.4) is 0 Å². The summed E-state index contributed by atoms with van der Waals surface area (Å²) >= 11 is 3.41. The lowest BCUT2D eigenvalue weighted by atomic mass is 10.1. The van der Waals surface area contributed by atoms with Crippen LogP contribution >= 0.6 is 15.9 Å². The number of nitrogens with one attached hydrogen (secondary N) is 1. The zero-order valence-corrected chi connectivity index (χ0v) is 13.8. The lowest BCUT2D eigenvalue weighted by molar-refractivity contribution is -0.137. The SMILES string of the molecule is COc1ccc(CCC(=O)NC(C)CCC(=O)O)cc1Br. The molecule has 1 unspecified atom stereocenters. The third-order valence-electron chi connectivity index (χ3n) is 3.06. The number of rotatable bonds is 8. The van der Waals surface area contributed by atoms with Gasteiger partial charge in [-0.2, -0.15) is 0 Å². The predicted molar refractivity (Wildman–Crippen MR) is 83.5 cm³/mol. The minimum Gasteiger partial charge on any atom is -0.496 e. The topological polar surface area (TPSA) is 75.6 Å². The third kappa shape index (κ3) is 6.62. The molecule has 5 nitrogen and oxygen atoms in total. The molecule has 0 aliphatic rings. The second-order valence-corrected chi connectivity index (χ2v) is 5.72. The van der Waals surface area contributed by atoms with Crippen LogP contribution in [0.4, 0.5) is 0 Å². The number of hydrogen-bond acceptors (Lipinski definition) is 3. The molecule has 0 bridgehead atoms. The first kappa shape index (κ1) is 17.5. The first-order chi connectivity index (χ1) is 9.92. The maximum absolute atomic E-state index is 11.8. The highest BCUT2D eigenvalue weighted by Gasteiger charge is 2.10. The molecule has 0 radical (unpaired) electrons. The lowest BCUT2D eigenvalue weighted by Gasteiger charge is -2.13. The van der Waals surface area contributed by atoms with E-state index in [0.29, 0.717) is 19.3 Å². The largest absolute Gasteiger partial charge is 0.496 e. The van der Waals surface area contributed by atoms with Crippen molar-refractivity contribution in [3.8, 4) is 5.75 Å². The molecule has 1 rings (SSSR count). The first-order valence-corrected chi connectivity index (χ1v) is 7.55. The van der Waals surface area contributed by atoms with Crippen molar-refractivity contribution in [3.63, 3.8) is 0 Å². The third-order valence-corrected chi connectivity index (χ3v) is 3.68. The first-order valence-electron chi connectivity index (χ1n) is 6.76. The quantitative estimate of drug-likeness (QED) is 0.749. The molecule has 1 aromatic rings. The van der Waals surface area contributed by atoms with Gasteiger partial charge in [0.2, 0.25) is 5.91 Å². The molecule has 0 spiro atoms. The fraction of sp³-hybridized carbons (Fsp3) is 0.467. The number of carboxylic acids is 1. The number of benzene rings is 1. The molecule has 0 fully saturated rings. The number of aryl methyl sites for hydroxylation is 1. The van der Waals surface area contributed by atoms with E-state index in [1.165, 1.54) is 0 Å². The van der Waals surface area contributed by atoms with Crippen LogP contribution in [-0.4, -0.2) is 30.1 Å². The van der Waals surface area contributed by atoms with Crippen molar-refractivity contribution in [2.45, 2.75) is 38.6 Å². The van der Waals surface area contributed by atoms with E-state index in [9.17, 15) is 9.59 Å².